The number of carboxylic acids is 4. The van der Waals surface area contributed by atoms with Crippen LogP contribution in [-0.4, -0.2) is 140 Å². The molecule has 0 radical (unpaired) electrons. The number of nitrogen functional groups attached to an aromatic ring is 2. The van der Waals surface area contributed by atoms with Crippen LogP contribution in [0.1, 0.15) is 153 Å². The SMILES string of the molecule is CC(C)CCC[C@H](NC(=O)c1ccc(NCc2cnc3nc(N)[nH]c(=O)c3n2)cc1)C(=O)O.CC(C)C[C@H](CCC(=O)O)NC(=O)c1ccc(NCc2cnc3nc(N)[nH]c(=O)c3n2)cc1.CC(C)c1nc2ncc(CNc3ccc(C(=O)N[C@@H](CCC(=O)O)C(=O)O)cc3)nc2c(=O)[nH]1. The topological polar surface area (TPSA) is 539 Å². The van der Waals surface area contributed by atoms with Crippen LogP contribution in [0.2, 0.25) is 0 Å². The van der Waals surface area contributed by atoms with Gasteiger partial charge in [0.25, 0.3) is 34.4 Å². The van der Waals surface area contributed by atoms with Crippen molar-refractivity contribution in [2.45, 2.75) is 137 Å². The fraction of sp³-hybridized carbons (Fsp3) is 0.348. The average molecular weight is 1380 g/mol. The molecule has 100 heavy (non-hydrogen) atoms. The fourth-order valence-electron chi connectivity index (χ4n) is 9.62. The number of aliphatic carboxylic acids is 4. The average Bonchev–Trinajstić information content (AvgIpc) is 0.819. The first-order chi connectivity index (χ1) is 47.6. The summed E-state index contributed by atoms with van der Waals surface area (Å²) < 4.78 is 0. The van der Waals surface area contributed by atoms with Crippen molar-refractivity contribution in [3.8, 4) is 0 Å². The van der Waals surface area contributed by atoms with Gasteiger partial charge in [0, 0.05) is 58.6 Å². The van der Waals surface area contributed by atoms with Gasteiger partial charge < -0.3 is 68.8 Å². The molecule has 0 unspecified atom stereocenters. The number of H-pyrrole nitrogens is 3. The molecule has 6 aromatic heterocycles. The zero-order valence-corrected chi connectivity index (χ0v) is 55.5. The molecule has 0 aliphatic carbocycles. The third-order valence-electron chi connectivity index (χ3n) is 14.8. The van der Waals surface area contributed by atoms with E-state index in [1.165, 1.54) is 30.7 Å². The molecule has 0 saturated carbocycles. The molecule has 0 spiro atoms. The van der Waals surface area contributed by atoms with Gasteiger partial charge in [0.15, 0.2) is 33.5 Å². The molecule has 3 amide bonds. The molecular formula is C66H78N20O14. The van der Waals surface area contributed by atoms with Gasteiger partial charge >= 0.3 is 23.9 Å². The Balaban J connectivity index is 0.000000211. The van der Waals surface area contributed by atoms with Crippen molar-refractivity contribution < 1.29 is 54.0 Å². The molecular weight excluding hydrogens is 1300 g/mol. The molecule has 9 rings (SSSR count). The Morgan fingerprint density at radius 2 is 0.800 bits per heavy atom. The van der Waals surface area contributed by atoms with Crippen molar-refractivity contribution in [2.75, 3.05) is 27.4 Å². The Hall–Kier alpha value is -12.4. The highest BCUT2D eigenvalue weighted by Gasteiger charge is 2.24. The van der Waals surface area contributed by atoms with Crippen LogP contribution < -0.4 is 60.0 Å². The summed E-state index contributed by atoms with van der Waals surface area (Å²) in [7, 11) is 0. The number of benzene rings is 3. The Labute approximate surface area is 569 Å². The molecule has 0 aliphatic heterocycles. The van der Waals surface area contributed by atoms with Crippen molar-refractivity contribution in [3.05, 3.63) is 162 Å². The van der Waals surface area contributed by atoms with Crippen LogP contribution in [0.3, 0.4) is 0 Å². The first-order valence-electron chi connectivity index (χ1n) is 31.7. The van der Waals surface area contributed by atoms with Crippen molar-refractivity contribution in [1.82, 2.24) is 75.8 Å². The van der Waals surface area contributed by atoms with Gasteiger partial charge in [-0.3, -0.25) is 48.3 Å². The number of aromatic amines is 3. The van der Waals surface area contributed by atoms with E-state index < -0.39 is 58.9 Å². The van der Waals surface area contributed by atoms with Crippen molar-refractivity contribution in [1.29, 1.82) is 0 Å². The van der Waals surface area contributed by atoms with E-state index in [-0.39, 0.29) is 107 Å². The summed E-state index contributed by atoms with van der Waals surface area (Å²) in [6.07, 6.45) is 7.04. The summed E-state index contributed by atoms with van der Waals surface area (Å²) in [4.78, 5) is 163. The largest absolute Gasteiger partial charge is 0.481 e. The maximum Gasteiger partial charge on any atom is 0.326 e. The van der Waals surface area contributed by atoms with Crippen molar-refractivity contribution in [3.63, 3.8) is 0 Å². The lowest BCUT2D eigenvalue weighted by Crippen LogP contribution is -2.41. The van der Waals surface area contributed by atoms with Crippen LogP contribution in [0, 0.1) is 11.8 Å². The molecule has 0 aliphatic rings. The van der Waals surface area contributed by atoms with Crippen LogP contribution in [-0.2, 0) is 38.8 Å². The molecule has 34 nitrogen and oxygen atoms in total. The van der Waals surface area contributed by atoms with E-state index in [0.717, 1.165) is 18.5 Å². The lowest BCUT2D eigenvalue weighted by atomic mass is 9.99. The number of aromatic nitrogens is 12. The second-order valence-electron chi connectivity index (χ2n) is 24.1. The van der Waals surface area contributed by atoms with Crippen LogP contribution in [0.5, 0.6) is 0 Å². The minimum absolute atomic E-state index is 0.00745. The predicted octanol–water partition coefficient (Wildman–Crippen LogP) is 5.33. The molecule has 3 aromatic carbocycles. The number of amides is 3. The number of carboxylic acid groups (broad SMARTS) is 4. The smallest absolute Gasteiger partial charge is 0.326 e. The van der Waals surface area contributed by atoms with E-state index >= 15 is 0 Å². The van der Waals surface area contributed by atoms with E-state index in [0.29, 0.717) is 83.1 Å². The lowest BCUT2D eigenvalue weighted by Gasteiger charge is -2.20. The zero-order chi connectivity index (χ0) is 72.7. The van der Waals surface area contributed by atoms with Gasteiger partial charge in [-0.15, -0.1) is 0 Å². The molecule has 0 fully saturated rings. The minimum Gasteiger partial charge on any atom is -0.481 e. The van der Waals surface area contributed by atoms with Crippen LogP contribution in [0.4, 0.5) is 29.0 Å². The minimum atomic E-state index is -1.31. The monoisotopic (exact) mass is 1370 g/mol. The summed E-state index contributed by atoms with van der Waals surface area (Å²) in [5.74, 6) is -4.34. The third kappa shape index (κ3) is 22.9. The van der Waals surface area contributed by atoms with Crippen molar-refractivity contribution in [2.24, 2.45) is 11.8 Å². The van der Waals surface area contributed by atoms with Gasteiger partial charge in [0.05, 0.1) is 55.3 Å². The van der Waals surface area contributed by atoms with E-state index in [4.69, 9.17) is 21.7 Å². The number of carbonyl (C=O) groups excluding carboxylic acids is 3. The van der Waals surface area contributed by atoms with Crippen LogP contribution in [0.25, 0.3) is 33.5 Å². The summed E-state index contributed by atoms with van der Waals surface area (Å²) in [6.45, 7) is 12.9. The summed E-state index contributed by atoms with van der Waals surface area (Å²) >= 11 is 0. The standard InChI is InChI=1S/2C22H27N7O4.C22H24N6O6/c1-12(2)9-15(7-8-17(30)31)27-20(32)13-3-5-14(6-4-13)24-10-16-11-25-19-18(26-16)21(33)29-22(23)28-19;1-12(2)4-3-5-16(21(32)33)27-19(30)13-6-8-14(9-7-13)24-10-15-11-25-18-17(26-15)20(31)29-22(23)28-18;1-11(2)18-27-19-17(21(32)28-18)25-14(10-24-19)9-23-13-5-3-12(4-6-13)20(31)26-15(22(33)34)7-8-16(29)30/h3-6,11-12,15,24H,7-10H2,1-2H3,(H,27,32)(H,30,31)(H3,23,25,28,29,33);6-9,11-12,16,24H,3-5,10H2,1-2H3,(H,27,30)(H,32,33)(H3,23,25,28,29,31);3-6,10-11,15,23H,7-9H2,1-2H3,(H,26,31)(H,29,30)(H,33,34)(H,24,27,28,32)/t15-;16-;15-/m000/s1. The first-order valence-corrected chi connectivity index (χ1v) is 31.7. The normalized spacial score (nSPS) is 11.9. The van der Waals surface area contributed by atoms with E-state index in [9.17, 15) is 58.2 Å². The molecule has 34 heteroatoms. The van der Waals surface area contributed by atoms with Gasteiger partial charge in [0.2, 0.25) is 11.9 Å². The van der Waals surface area contributed by atoms with Gasteiger partial charge in [0.1, 0.15) is 17.9 Å². The summed E-state index contributed by atoms with van der Waals surface area (Å²) in [6, 6.07) is 17.3. The lowest BCUT2D eigenvalue weighted by molar-refractivity contribution is -0.141. The highest BCUT2D eigenvalue weighted by atomic mass is 16.4. The number of nitrogens with zero attached hydrogens (tertiary/aromatic N) is 9. The Bertz CT molecular complexity index is 4570. The molecule has 0 bridgehead atoms. The Morgan fingerprint density at radius 3 is 1.16 bits per heavy atom. The van der Waals surface area contributed by atoms with E-state index in [2.05, 4.69) is 106 Å². The quantitative estimate of drug-likeness (QED) is 0.0270. The first kappa shape index (κ1) is 75.0. The second kappa shape index (κ2) is 35.6. The van der Waals surface area contributed by atoms with E-state index in [1.807, 2.05) is 27.7 Å². The predicted molar refractivity (Wildman–Crippen MR) is 369 cm³/mol. The number of hydrogen-bond donors (Lipinski definition) is 15. The van der Waals surface area contributed by atoms with Gasteiger partial charge in [-0.05, 0) is 110 Å². The highest BCUT2D eigenvalue weighted by Crippen LogP contribution is 2.19. The highest BCUT2D eigenvalue weighted by molar-refractivity contribution is 5.98. The third-order valence-corrected chi connectivity index (χ3v) is 14.8. The maximum absolute atomic E-state index is 12.6. The van der Waals surface area contributed by atoms with Crippen LogP contribution >= 0.6 is 0 Å². The van der Waals surface area contributed by atoms with Gasteiger partial charge in [-0.25, -0.2) is 44.5 Å². The number of nitrogens with one attached hydrogen (secondary N) is 9. The number of rotatable bonds is 30. The molecule has 9 aromatic rings. The van der Waals surface area contributed by atoms with Gasteiger partial charge in [-0.1, -0.05) is 54.4 Å². The maximum atomic E-state index is 12.6. The molecule has 3 atom stereocenters. The van der Waals surface area contributed by atoms with Crippen molar-refractivity contribution >= 4 is 104 Å². The number of carbonyl (C=O) groups is 7. The Morgan fingerprint density at radius 1 is 0.440 bits per heavy atom. The molecule has 526 valence electrons. The second-order valence-corrected chi connectivity index (χ2v) is 24.1. The molecule has 6 heterocycles. The summed E-state index contributed by atoms with van der Waals surface area (Å²) in [5.41, 5.74) is 15.4. The number of anilines is 5. The van der Waals surface area contributed by atoms with Crippen LogP contribution in [0.15, 0.2) is 106 Å². The van der Waals surface area contributed by atoms with E-state index in [1.54, 1.807) is 60.7 Å². The fourth-order valence-corrected chi connectivity index (χ4v) is 9.62. The molecule has 0 saturated heterocycles. The molecule has 17 N–H and O–H groups in total. The number of hydrogen-bond acceptors (Lipinski definition) is 24. The summed E-state index contributed by atoms with van der Waals surface area (Å²) in [5, 5.41) is 53.5. The number of fused-ring (bicyclic) bond motifs is 3. The zero-order valence-electron chi connectivity index (χ0n) is 55.5. The Kier molecular flexibility index (Phi) is 26.7. The number of nitrogens with two attached hydrogens (primary N) is 2. The van der Waals surface area contributed by atoms with Gasteiger partial charge in [-0.2, -0.15) is 9.97 Å².